The summed E-state index contributed by atoms with van der Waals surface area (Å²) in [6.07, 6.45) is 2.78. The molecule has 8 nitrogen and oxygen atoms in total. The van der Waals surface area contributed by atoms with Gasteiger partial charge in [0.15, 0.2) is 5.96 Å². The number of likely N-dealkylation sites (tertiary alicyclic amines) is 1. The van der Waals surface area contributed by atoms with Crippen LogP contribution in [0.5, 0.6) is 0 Å². The second kappa shape index (κ2) is 14.9. The van der Waals surface area contributed by atoms with Crippen LogP contribution in [0.25, 0.3) is 0 Å². The molecule has 0 bridgehead atoms. The lowest BCUT2D eigenvalue weighted by Gasteiger charge is -2.32. The Morgan fingerprint density at radius 1 is 1.15 bits per heavy atom. The topological polar surface area (TPSA) is 95.1 Å². The molecule has 1 rings (SSSR count). The van der Waals surface area contributed by atoms with Crippen molar-refractivity contribution in [3.05, 3.63) is 0 Å². The first kappa shape index (κ1) is 24.7. The number of ether oxygens (including phenoxy) is 1. The first-order valence-electron chi connectivity index (χ1n) is 9.33. The molecule has 1 heterocycles. The zero-order chi connectivity index (χ0) is 18.5. The third-order valence-electron chi connectivity index (χ3n) is 3.89. The zero-order valence-corrected chi connectivity index (χ0v) is 18.5. The molecule has 0 unspecified atom stereocenters. The van der Waals surface area contributed by atoms with E-state index in [1.165, 1.54) is 0 Å². The smallest absolute Gasteiger partial charge is 0.409 e. The maximum atomic E-state index is 11.7. The maximum absolute atomic E-state index is 11.7. The van der Waals surface area contributed by atoms with Gasteiger partial charge in [0.2, 0.25) is 5.91 Å². The van der Waals surface area contributed by atoms with Crippen LogP contribution in [0.2, 0.25) is 0 Å². The second-order valence-corrected chi connectivity index (χ2v) is 5.97. The Morgan fingerprint density at radius 3 is 2.42 bits per heavy atom. The number of nitrogens with zero attached hydrogens (tertiary/aromatic N) is 2. The molecule has 1 aliphatic heterocycles. The van der Waals surface area contributed by atoms with Gasteiger partial charge in [-0.25, -0.2) is 4.79 Å². The molecular formula is C17H34IN5O3. The summed E-state index contributed by atoms with van der Waals surface area (Å²) in [7, 11) is 0. The fourth-order valence-electron chi connectivity index (χ4n) is 2.56. The molecule has 26 heavy (non-hydrogen) atoms. The van der Waals surface area contributed by atoms with E-state index in [0.29, 0.717) is 39.2 Å². The molecular weight excluding hydrogens is 449 g/mol. The van der Waals surface area contributed by atoms with Crippen molar-refractivity contribution in [1.82, 2.24) is 20.9 Å². The van der Waals surface area contributed by atoms with Crippen LogP contribution in [0.1, 0.15) is 46.5 Å². The third kappa shape index (κ3) is 10.0. The minimum absolute atomic E-state index is 0. The van der Waals surface area contributed by atoms with Gasteiger partial charge < -0.3 is 25.6 Å². The molecule has 3 N–H and O–H groups in total. The summed E-state index contributed by atoms with van der Waals surface area (Å²) in [5.41, 5.74) is 0. The predicted octanol–water partition coefficient (Wildman–Crippen LogP) is 1.70. The number of rotatable bonds is 8. The summed E-state index contributed by atoms with van der Waals surface area (Å²) in [5, 5.41) is 9.44. The van der Waals surface area contributed by atoms with Crippen molar-refractivity contribution in [3.63, 3.8) is 0 Å². The normalized spacial score (nSPS) is 15.0. The summed E-state index contributed by atoms with van der Waals surface area (Å²) in [6.45, 7) is 9.52. The number of carbonyl (C=O) groups excluding carboxylic acids is 2. The van der Waals surface area contributed by atoms with Gasteiger partial charge in [-0.05, 0) is 33.1 Å². The number of aliphatic imine (C=N–C) groups is 1. The van der Waals surface area contributed by atoms with Crippen molar-refractivity contribution in [1.29, 1.82) is 0 Å². The molecule has 9 heteroatoms. The van der Waals surface area contributed by atoms with E-state index >= 15 is 0 Å². The summed E-state index contributed by atoms with van der Waals surface area (Å²) in [5.74, 6) is 0.754. The Labute approximate surface area is 173 Å². The molecule has 1 fully saturated rings. The highest BCUT2D eigenvalue weighted by Gasteiger charge is 2.23. The number of halogens is 1. The van der Waals surface area contributed by atoms with E-state index in [1.54, 1.807) is 4.90 Å². The van der Waals surface area contributed by atoms with Gasteiger partial charge in [-0.1, -0.05) is 6.92 Å². The molecule has 0 aromatic heterocycles. The van der Waals surface area contributed by atoms with Crippen LogP contribution in [0.4, 0.5) is 4.79 Å². The summed E-state index contributed by atoms with van der Waals surface area (Å²) in [6, 6.07) is 0.261. The molecule has 0 spiro atoms. The van der Waals surface area contributed by atoms with Crippen molar-refractivity contribution in [3.8, 4) is 0 Å². The van der Waals surface area contributed by atoms with Crippen LogP contribution in [0.3, 0.4) is 0 Å². The highest BCUT2D eigenvalue weighted by Crippen LogP contribution is 2.11. The largest absolute Gasteiger partial charge is 0.450 e. The Morgan fingerprint density at radius 2 is 1.85 bits per heavy atom. The molecule has 0 saturated carbocycles. The molecule has 0 aliphatic carbocycles. The highest BCUT2D eigenvalue weighted by atomic mass is 127. The molecule has 0 aromatic rings. The maximum Gasteiger partial charge on any atom is 0.409 e. The molecule has 0 atom stereocenters. The number of nitrogens with one attached hydrogen (secondary N) is 3. The highest BCUT2D eigenvalue weighted by molar-refractivity contribution is 14.0. The first-order valence-corrected chi connectivity index (χ1v) is 9.33. The predicted molar refractivity (Wildman–Crippen MR) is 114 cm³/mol. The van der Waals surface area contributed by atoms with Gasteiger partial charge in [0.1, 0.15) is 0 Å². The Balaban J connectivity index is 0.00000625. The summed E-state index contributed by atoms with van der Waals surface area (Å²) >= 11 is 0. The Bertz CT molecular complexity index is 440. The minimum Gasteiger partial charge on any atom is -0.450 e. The van der Waals surface area contributed by atoms with Crippen LogP contribution in [0, 0.1) is 0 Å². The van der Waals surface area contributed by atoms with Gasteiger partial charge >= 0.3 is 6.09 Å². The molecule has 152 valence electrons. The monoisotopic (exact) mass is 483 g/mol. The fraction of sp³-hybridized carbons (Fsp3) is 0.824. The number of hydrogen-bond donors (Lipinski definition) is 3. The molecule has 0 aromatic carbocycles. The Kier molecular flexibility index (Phi) is 14.1. The number of amides is 2. The van der Waals surface area contributed by atoms with Crippen molar-refractivity contribution in [2.75, 3.05) is 39.3 Å². The first-order chi connectivity index (χ1) is 12.1. The van der Waals surface area contributed by atoms with Gasteiger partial charge in [-0.3, -0.25) is 9.79 Å². The third-order valence-corrected chi connectivity index (χ3v) is 3.89. The van der Waals surface area contributed by atoms with Crippen molar-refractivity contribution < 1.29 is 14.3 Å². The molecule has 1 aliphatic rings. The number of hydrogen-bond acceptors (Lipinski definition) is 4. The number of carbonyl (C=O) groups is 2. The lowest BCUT2D eigenvalue weighted by atomic mass is 10.1. The fourth-order valence-corrected chi connectivity index (χ4v) is 2.56. The summed E-state index contributed by atoms with van der Waals surface area (Å²) in [4.78, 5) is 29.5. The van der Waals surface area contributed by atoms with Crippen molar-refractivity contribution in [2.45, 2.75) is 52.5 Å². The quantitative estimate of drug-likeness (QED) is 0.278. The lowest BCUT2D eigenvalue weighted by Crippen LogP contribution is -2.50. The molecule has 0 radical (unpaired) electrons. The van der Waals surface area contributed by atoms with Crippen molar-refractivity contribution in [2.24, 2.45) is 4.99 Å². The molecule has 1 saturated heterocycles. The van der Waals surface area contributed by atoms with Gasteiger partial charge in [0.05, 0.1) is 13.2 Å². The summed E-state index contributed by atoms with van der Waals surface area (Å²) < 4.78 is 5.03. The average molecular weight is 483 g/mol. The van der Waals surface area contributed by atoms with Crippen LogP contribution in [0.15, 0.2) is 4.99 Å². The van der Waals surface area contributed by atoms with Gasteiger partial charge in [-0.15, -0.1) is 24.0 Å². The number of guanidine groups is 1. The van der Waals surface area contributed by atoms with E-state index in [0.717, 1.165) is 31.8 Å². The lowest BCUT2D eigenvalue weighted by molar-refractivity contribution is -0.120. The molecule has 2 amide bonds. The van der Waals surface area contributed by atoms with Crippen LogP contribution >= 0.6 is 24.0 Å². The van der Waals surface area contributed by atoms with E-state index in [4.69, 9.17) is 4.74 Å². The standard InChI is InChI=1S/C17H33N5O3.HI/c1-4-10-19-15(23)7-11-20-16(18-5-2)21-14-8-12-22(13-9-14)17(24)25-6-3;/h14H,4-13H2,1-3H3,(H,19,23)(H2,18,20,21);1H. The van der Waals surface area contributed by atoms with Crippen LogP contribution in [-0.4, -0.2) is 68.2 Å². The Hall–Kier alpha value is -1.26. The van der Waals surface area contributed by atoms with Crippen molar-refractivity contribution >= 4 is 41.9 Å². The van der Waals surface area contributed by atoms with Crippen LogP contribution in [-0.2, 0) is 9.53 Å². The van der Waals surface area contributed by atoms with E-state index in [2.05, 4.69) is 20.9 Å². The van der Waals surface area contributed by atoms with Crippen LogP contribution < -0.4 is 16.0 Å². The van der Waals surface area contributed by atoms with E-state index in [9.17, 15) is 9.59 Å². The zero-order valence-electron chi connectivity index (χ0n) is 16.2. The SMILES string of the molecule is CCCNC(=O)CCN=C(NCC)NC1CCN(C(=O)OCC)CC1.I. The van der Waals surface area contributed by atoms with Gasteiger partial charge in [-0.2, -0.15) is 0 Å². The minimum atomic E-state index is -0.236. The van der Waals surface area contributed by atoms with Gasteiger partial charge in [0.25, 0.3) is 0 Å². The average Bonchev–Trinajstić information content (AvgIpc) is 2.61. The van der Waals surface area contributed by atoms with Gasteiger partial charge in [0, 0.05) is 38.6 Å². The number of piperidine rings is 1. The van der Waals surface area contributed by atoms with E-state index in [-0.39, 0.29) is 42.0 Å². The van der Waals surface area contributed by atoms with E-state index in [1.807, 2.05) is 20.8 Å². The van der Waals surface area contributed by atoms with E-state index < -0.39 is 0 Å². The second-order valence-electron chi connectivity index (χ2n) is 5.97.